The number of alkyl halides is 3. The number of piperidine rings is 1. The second-order valence-electron chi connectivity index (χ2n) is 6.22. The van der Waals surface area contributed by atoms with Gasteiger partial charge in [-0.2, -0.15) is 13.2 Å². The summed E-state index contributed by atoms with van der Waals surface area (Å²) in [6.45, 7) is 2.77. The van der Waals surface area contributed by atoms with Crippen LogP contribution in [0.5, 0.6) is 0 Å². The van der Waals surface area contributed by atoms with Gasteiger partial charge in [-0.25, -0.2) is 0 Å². The zero-order chi connectivity index (χ0) is 17.0. The molecule has 1 aromatic rings. The number of carbonyl (C=O) groups excluding carboxylic acids is 1. The van der Waals surface area contributed by atoms with E-state index in [2.05, 4.69) is 0 Å². The summed E-state index contributed by atoms with van der Waals surface area (Å²) < 4.78 is 40.2. The lowest BCUT2D eigenvalue weighted by molar-refractivity contribution is -0.162. The molecule has 3 unspecified atom stereocenters. The lowest BCUT2D eigenvalue weighted by atomic mass is 9.89. The zero-order valence-electron chi connectivity index (χ0n) is 13.2. The minimum atomic E-state index is -4.45. The second kappa shape index (κ2) is 7.34. The smallest absolute Gasteiger partial charge is 0.338 e. The minimum Gasteiger partial charge on any atom is -0.338 e. The molecule has 3 nitrogen and oxygen atoms in total. The SMILES string of the molecule is CC1CCCN(C(=O)CC(c2ccccc2)C(F)(F)F)C1CN. The van der Waals surface area contributed by atoms with Crippen LogP contribution in [0.4, 0.5) is 13.2 Å². The van der Waals surface area contributed by atoms with Crippen molar-refractivity contribution in [2.24, 2.45) is 11.7 Å². The minimum absolute atomic E-state index is 0.128. The number of hydrogen-bond donors (Lipinski definition) is 1. The Labute approximate surface area is 134 Å². The molecule has 128 valence electrons. The molecule has 0 saturated carbocycles. The maximum Gasteiger partial charge on any atom is 0.396 e. The Morgan fingerprint density at radius 3 is 2.57 bits per heavy atom. The van der Waals surface area contributed by atoms with Crippen LogP contribution in [0.2, 0.25) is 0 Å². The summed E-state index contributed by atoms with van der Waals surface area (Å²) in [4.78, 5) is 14.1. The van der Waals surface area contributed by atoms with E-state index in [0.29, 0.717) is 6.54 Å². The van der Waals surface area contributed by atoms with Gasteiger partial charge < -0.3 is 10.6 Å². The summed E-state index contributed by atoms with van der Waals surface area (Å²) in [5, 5.41) is 0. The van der Waals surface area contributed by atoms with E-state index >= 15 is 0 Å². The molecule has 0 radical (unpaired) electrons. The van der Waals surface area contributed by atoms with Crippen LogP contribution in [0.15, 0.2) is 30.3 Å². The first-order valence-corrected chi connectivity index (χ1v) is 7.95. The summed E-state index contributed by atoms with van der Waals surface area (Å²) in [6.07, 6.45) is -3.24. The van der Waals surface area contributed by atoms with Gasteiger partial charge in [0.25, 0.3) is 0 Å². The highest BCUT2D eigenvalue weighted by atomic mass is 19.4. The van der Waals surface area contributed by atoms with Gasteiger partial charge in [-0.15, -0.1) is 0 Å². The number of nitrogens with zero attached hydrogens (tertiary/aromatic N) is 1. The van der Waals surface area contributed by atoms with Gasteiger partial charge >= 0.3 is 6.18 Å². The van der Waals surface area contributed by atoms with Crippen LogP contribution in [-0.2, 0) is 4.79 Å². The topological polar surface area (TPSA) is 46.3 Å². The Morgan fingerprint density at radius 1 is 1.35 bits per heavy atom. The van der Waals surface area contributed by atoms with Gasteiger partial charge in [0.15, 0.2) is 0 Å². The van der Waals surface area contributed by atoms with Gasteiger partial charge in [-0.1, -0.05) is 37.3 Å². The van der Waals surface area contributed by atoms with Crippen LogP contribution < -0.4 is 5.73 Å². The standard InChI is InChI=1S/C17H23F3N2O/c1-12-6-5-9-22(15(12)11-21)16(23)10-14(17(18,19)20)13-7-3-2-4-8-13/h2-4,7-8,12,14-15H,5-6,9-11,21H2,1H3. The van der Waals surface area contributed by atoms with Crippen molar-refractivity contribution in [2.75, 3.05) is 13.1 Å². The number of hydrogen-bond acceptors (Lipinski definition) is 2. The van der Waals surface area contributed by atoms with Crippen molar-refractivity contribution in [1.29, 1.82) is 0 Å². The van der Waals surface area contributed by atoms with E-state index in [9.17, 15) is 18.0 Å². The third-order valence-electron chi connectivity index (χ3n) is 4.65. The van der Waals surface area contributed by atoms with Crippen LogP contribution in [0, 0.1) is 5.92 Å². The van der Waals surface area contributed by atoms with E-state index in [1.807, 2.05) is 6.92 Å². The van der Waals surface area contributed by atoms with Crippen LogP contribution in [0.25, 0.3) is 0 Å². The normalized spacial score (nSPS) is 23.6. The first kappa shape index (κ1) is 17.8. The van der Waals surface area contributed by atoms with Crippen LogP contribution >= 0.6 is 0 Å². The number of halogens is 3. The third kappa shape index (κ3) is 4.25. The highest BCUT2D eigenvalue weighted by Gasteiger charge is 2.43. The molecule has 3 atom stereocenters. The quantitative estimate of drug-likeness (QED) is 0.922. The Kier molecular flexibility index (Phi) is 5.68. The molecule has 1 amide bonds. The summed E-state index contributed by atoms with van der Waals surface area (Å²) in [6, 6.07) is 7.46. The van der Waals surface area contributed by atoms with Crippen molar-refractivity contribution >= 4 is 5.91 Å². The van der Waals surface area contributed by atoms with E-state index < -0.39 is 24.4 Å². The molecule has 0 bridgehead atoms. The molecule has 0 aliphatic carbocycles. The van der Waals surface area contributed by atoms with Gasteiger partial charge in [0.05, 0.1) is 5.92 Å². The number of likely N-dealkylation sites (tertiary alicyclic amines) is 1. The van der Waals surface area contributed by atoms with E-state index in [1.54, 1.807) is 23.1 Å². The van der Waals surface area contributed by atoms with E-state index in [-0.39, 0.29) is 24.1 Å². The van der Waals surface area contributed by atoms with Crippen molar-refractivity contribution in [2.45, 2.75) is 44.3 Å². The molecular formula is C17H23F3N2O. The average Bonchev–Trinajstić information content (AvgIpc) is 2.51. The molecule has 2 N–H and O–H groups in total. The summed E-state index contributed by atoms with van der Waals surface area (Å²) in [7, 11) is 0. The van der Waals surface area contributed by atoms with Crippen molar-refractivity contribution in [3.8, 4) is 0 Å². The van der Waals surface area contributed by atoms with Gasteiger partial charge in [-0.3, -0.25) is 4.79 Å². The fourth-order valence-corrected chi connectivity index (χ4v) is 3.32. The number of amides is 1. The third-order valence-corrected chi connectivity index (χ3v) is 4.65. The Bertz CT molecular complexity index is 518. The lowest BCUT2D eigenvalue weighted by Gasteiger charge is -2.40. The second-order valence-corrected chi connectivity index (χ2v) is 6.22. The first-order valence-electron chi connectivity index (χ1n) is 7.95. The van der Waals surface area contributed by atoms with E-state index in [1.165, 1.54) is 12.1 Å². The maximum absolute atomic E-state index is 13.4. The number of benzene rings is 1. The maximum atomic E-state index is 13.4. The number of nitrogens with two attached hydrogens (primary N) is 1. The molecule has 6 heteroatoms. The molecule has 1 aliphatic rings. The van der Waals surface area contributed by atoms with Crippen LogP contribution in [0.3, 0.4) is 0 Å². The first-order chi connectivity index (χ1) is 10.8. The predicted molar refractivity (Wildman–Crippen MR) is 82.8 cm³/mol. The van der Waals surface area contributed by atoms with Crippen molar-refractivity contribution in [3.05, 3.63) is 35.9 Å². The van der Waals surface area contributed by atoms with E-state index in [0.717, 1.165) is 12.8 Å². The Morgan fingerprint density at radius 2 is 2.00 bits per heavy atom. The molecule has 1 heterocycles. The lowest BCUT2D eigenvalue weighted by Crippen LogP contribution is -2.51. The molecule has 1 aromatic carbocycles. The molecule has 0 aromatic heterocycles. The summed E-state index contributed by atoms with van der Waals surface area (Å²) >= 11 is 0. The summed E-state index contributed by atoms with van der Waals surface area (Å²) in [5.41, 5.74) is 5.86. The van der Waals surface area contributed by atoms with E-state index in [4.69, 9.17) is 5.73 Å². The fraction of sp³-hybridized carbons (Fsp3) is 0.588. The molecular weight excluding hydrogens is 305 g/mol. The molecule has 1 saturated heterocycles. The summed E-state index contributed by atoms with van der Waals surface area (Å²) in [5.74, 6) is -2.01. The average molecular weight is 328 g/mol. The van der Waals surface area contributed by atoms with Crippen molar-refractivity contribution < 1.29 is 18.0 Å². The molecule has 2 rings (SSSR count). The molecule has 0 spiro atoms. The van der Waals surface area contributed by atoms with Crippen LogP contribution in [-0.4, -0.2) is 36.1 Å². The highest BCUT2D eigenvalue weighted by Crippen LogP contribution is 2.38. The highest BCUT2D eigenvalue weighted by molar-refractivity contribution is 5.77. The fourth-order valence-electron chi connectivity index (χ4n) is 3.32. The van der Waals surface area contributed by atoms with Crippen molar-refractivity contribution in [1.82, 2.24) is 4.90 Å². The molecule has 23 heavy (non-hydrogen) atoms. The Balaban J connectivity index is 2.18. The monoisotopic (exact) mass is 328 g/mol. The van der Waals surface area contributed by atoms with Gasteiger partial charge in [0.2, 0.25) is 5.91 Å². The number of rotatable bonds is 4. The van der Waals surface area contributed by atoms with Gasteiger partial charge in [0, 0.05) is 25.6 Å². The largest absolute Gasteiger partial charge is 0.396 e. The molecule has 1 fully saturated rings. The Hall–Kier alpha value is -1.56. The zero-order valence-corrected chi connectivity index (χ0v) is 13.2. The van der Waals surface area contributed by atoms with Gasteiger partial charge in [-0.05, 0) is 24.3 Å². The number of carbonyl (C=O) groups is 1. The molecule has 1 aliphatic heterocycles. The predicted octanol–water partition coefficient (Wildman–Crippen LogP) is 3.31. The van der Waals surface area contributed by atoms with Gasteiger partial charge in [0.1, 0.15) is 0 Å². The van der Waals surface area contributed by atoms with Crippen LogP contribution in [0.1, 0.15) is 37.7 Å². The van der Waals surface area contributed by atoms with Crippen molar-refractivity contribution in [3.63, 3.8) is 0 Å².